The number of aldehydes is 1. The molecule has 0 N–H and O–H groups in total. The van der Waals surface area contributed by atoms with Gasteiger partial charge in [-0.05, 0) is 5.92 Å². The molecule has 0 unspecified atom stereocenters. The molecule has 0 saturated heterocycles. The van der Waals surface area contributed by atoms with Crippen molar-refractivity contribution in [1.82, 2.24) is 14.8 Å². The van der Waals surface area contributed by atoms with Crippen molar-refractivity contribution in [1.29, 1.82) is 0 Å². The zero-order valence-electron chi connectivity index (χ0n) is 9.06. The predicted octanol–water partition coefficient (Wildman–Crippen LogP) is 0.813. The van der Waals surface area contributed by atoms with Crippen molar-refractivity contribution in [2.45, 2.75) is 20.4 Å². The van der Waals surface area contributed by atoms with E-state index in [1.807, 2.05) is 23.6 Å². The minimum absolute atomic E-state index is 0.391. The van der Waals surface area contributed by atoms with Crippen LogP contribution in [0.1, 0.15) is 24.5 Å². The van der Waals surface area contributed by atoms with Gasteiger partial charge in [-0.3, -0.25) is 9.36 Å². The normalized spacial score (nSPS) is 10.6. The Bertz CT molecular complexity index is 317. The van der Waals surface area contributed by atoms with E-state index in [4.69, 9.17) is 0 Å². The van der Waals surface area contributed by atoms with Gasteiger partial charge in [-0.25, -0.2) is 0 Å². The fourth-order valence-corrected chi connectivity index (χ4v) is 1.26. The second kappa shape index (κ2) is 4.21. The van der Waals surface area contributed by atoms with Crippen molar-refractivity contribution in [2.24, 2.45) is 5.92 Å². The molecule has 0 atom stereocenters. The van der Waals surface area contributed by atoms with Crippen LogP contribution in [0.4, 0.5) is 5.95 Å². The highest BCUT2D eigenvalue weighted by Gasteiger charge is 2.13. The number of hydrogen-bond acceptors (Lipinski definition) is 4. The number of hydrogen-bond donors (Lipinski definition) is 0. The molecule has 0 aliphatic carbocycles. The van der Waals surface area contributed by atoms with E-state index in [-0.39, 0.29) is 0 Å². The molecule has 0 aliphatic rings. The molecule has 1 aromatic heterocycles. The Hall–Kier alpha value is -1.39. The molecule has 0 fully saturated rings. The molecular weight excluding hydrogens is 180 g/mol. The first-order chi connectivity index (χ1) is 6.56. The summed E-state index contributed by atoms with van der Waals surface area (Å²) in [5, 5.41) is 7.76. The van der Waals surface area contributed by atoms with Crippen LogP contribution in [0.3, 0.4) is 0 Å². The lowest BCUT2D eigenvalue weighted by molar-refractivity contribution is 0.111. The minimum atomic E-state index is 0.391. The highest BCUT2D eigenvalue weighted by molar-refractivity contribution is 5.70. The maximum atomic E-state index is 10.7. The third-order valence-corrected chi connectivity index (χ3v) is 1.81. The largest absolute Gasteiger partial charge is 0.347 e. The topological polar surface area (TPSA) is 51.0 Å². The monoisotopic (exact) mass is 196 g/mol. The predicted molar refractivity (Wildman–Crippen MR) is 54.6 cm³/mol. The van der Waals surface area contributed by atoms with Crippen LogP contribution in [-0.4, -0.2) is 35.1 Å². The van der Waals surface area contributed by atoms with E-state index in [0.717, 1.165) is 18.8 Å². The number of nitrogens with zero attached hydrogens (tertiary/aromatic N) is 4. The van der Waals surface area contributed by atoms with E-state index in [1.165, 1.54) is 0 Å². The molecule has 0 radical (unpaired) electrons. The first-order valence-electron chi connectivity index (χ1n) is 4.62. The Kier molecular flexibility index (Phi) is 3.22. The molecule has 14 heavy (non-hydrogen) atoms. The summed E-state index contributed by atoms with van der Waals surface area (Å²) in [5.74, 6) is 1.58. The van der Waals surface area contributed by atoms with Crippen LogP contribution in [0, 0.1) is 5.92 Å². The molecule has 0 saturated carbocycles. The van der Waals surface area contributed by atoms with Gasteiger partial charge in [0.05, 0.1) is 0 Å². The summed E-state index contributed by atoms with van der Waals surface area (Å²) in [6.45, 7) is 4.94. The first kappa shape index (κ1) is 10.7. The summed E-state index contributed by atoms with van der Waals surface area (Å²) in [7, 11) is 3.77. The van der Waals surface area contributed by atoms with Crippen molar-refractivity contribution < 1.29 is 4.79 Å². The van der Waals surface area contributed by atoms with Crippen molar-refractivity contribution in [3.05, 3.63) is 5.82 Å². The molecule has 78 valence electrons. The van der Waals surface area contributed by atoms with E-state index >= 15 is 0 Å². The quantitative estimate of drug-likeness (QED) is 0.669. The second-order valence-electron chi connectivity index (χ2n) is 3.87. The number of carbonyl (C=O) groups excluding carboxylic acids is 1. The van der Waals surface area contributed by atoms with E-state index in [2.05, 4.69) is 24.0 Å². The smallest absolute Gasteiger partial charge is 0.227 e. The highest BCUT2D eigenvalue weighted by atomic mass is 16.1. The molecule has 5 heteroatoms. The Morgan fingerprint density at radius 3 is 2.50 bits per heavy atom. The summed E-state index contributed by atoms with van der Waals surface area (Å²) in [6, 6.07) is 0. The molecule has 5 nitrogen and oxygen atoms in total. The minimum Gasteiger partial charge on any atom is -0.347 e. The molecule has 0 aliphatic heterocycles. The van der Waals surface area contributed by atoms with Crippen LogP contribution in [0.15, 0.2) is 0 Å². The molecule has 0 amide bonds. The lowest BCUT2D eigenvalue weighted by Crippen LogP contribution is -2.18. The third-order valence-electron chi connectivity index (χ3n) is 1.81. The maximum Gasteiger partial charge on any atom is 0.227 e. The SMILES string of the molecule is CC(C)Cn1c(C=O)nnc1N(C)C. The second-order valence-corrected chi connectivity index (χ2v) is 3.87. The highest BCUT2D eigenvalue weighted by Crippen LogP contribution is 2.12. The van der Waals surface area contributed by atoms with Gasteiger partial charge in [0, 0.05) is 20.6 Å². The number of anilines is 1. The van der Waals surface area contributed by atoms with E-state index in [0.29, 0.717) is 11.7 Å². The van der Waals surface area contributed by atoms with Crippen LogP contribution in [0.5, 0.6) is 0 Å². The van der Waals surface area contributed by atoms with Gasteiger partial charge in [0.15, 0.2) is 12.1 Å². The average molecular weight is 196 g/mol. The number of rotatable bonds is 4. The van der Waals surface area contributed by atoms with Crippen molar-refractivity contribution in [2.75, 3.05) is 19.0 Å². The van der Waals surface area contributed by atoms with Crippen molar-refractivity contribution in [3.63, 3.8) is 0 Å². The van der Waals surface area contributed by atoms with Crippen LogP contribution < -0.4 is 4.90 Å². The van der Waals surface area contributed by atoms with Crippen LogP contribution in [0.25, 0.3) is 0 Å². The van der Waals surface area contributed by atoms with Gasteiger partial charge >= 0.3 is 0 Å². The Morgan fingerprint density at radius 2 is 2.07 bits per heavy atom. The first-order valence-corrected chi connectivity index (χ1v) is 4.62. The fraction of sp³-hybridized carbons (Fsp3) is 0.667. The molecule has 0 aromatic carbocycles. The number of aromatic nitrogens is 3. The van der Waals surface area contributed by atoms with Crippen molar-refractivity contribution >= 4 is 12.2 Å². The van der Waals surface area contributed by atoms with Gasteiger partial charge in [-0.15, -0.1) is 10.2 Å². The average Bonchev–Trinajstić information content (AvgIpc) is 2.46. The maximum absolute atomic E-state index is 10.7. The summed E-state index contributed by atoms with van der Waals surface area (Å²) < 4.78 is 1.83. The Labute approximate surface area is 83.7 Å². The fourth-order valence-electron chi connectivity index (χ4n) is 1.26. The Balaban J connectivity index is 3.05. The Morgan fingerprint density at radius 1 is 1.43 bits per heavy atom. The molecule has 1 aromatic rings. The standard InChI is InChI=1S/C9H16N4O/c1-7(2)5-13-8(6-14)10-11-9(13)12(3)4/h6-7H,5H2,1-4H3. The van der Waals surface area contributed by atoms with Gasteiger partial charge in [-0.2, -0.15) is 0 Å². The third kappa shape index (κ3) is 2.10. The molecule has 0 spiro atoms. The van der Waals surface area contributed by atoms with Gasteiger partial charge in [0.25, 0.3) is 0 Å². The van der Waals surface area contributed by atoms with Crippen molar-refractivity contribution in [3.8, 4) is 0 Å². The van der Waals surface area contributed by atoms with Crippen LogP contribution in [-0.2, 0) is 6.54 Å². The molecule has 1 rings (SSSR count). The molecule has 1 heterocycles. The van der Waals surface area contributed by atoms with Gasteiger partial charge in [0.1, 0.15) is 0 Å². The van der Waals surface area contributed by atoms with E-state index in [9.17, 15) is 4.79 Å². The van der Waals surface area contributed by atoms with Gasteiger partial charge in [0.2, 0.25) is 5.95 Å². The summed E-state index contributed by atoms with van der Waals surface area (Å²) in [6.07, 6.45) is 0.738. The zero-order chi connectivity index (χ0) is 10.7. The zero-order valence-corrected chi connectivity index (χ0v) is 9.06. The van der Waals surface area contributed by atoms with Crippen LogP contribution in [0.2, 0.25) is 0 Å². The summed E-state index contributed by atoms with van der Waals surface area (Å²) >= 11 is 0. The van der Waals surface area contributed by atoms with E-state index in [1.54, 1.807) is 0 Å². The number of carbonyl (C=O) groups is 1. The lowest BCUT2D eigenvalue weighted by atomic mass is 10.2. The van der Waals surface area contributed by atoms with Crippen LogP contribution >= 0.6 is 0 Å². The lowest BCUT2D eigenvalue weighted by Gasteiger charge is -2.15. The molecule has 0 bridgehead atoms. The van der Waals surface area contributed by atoms with Gasteiger partial charge < -0.3 is 4.90 Å². The van der Waals surface area contributed by atoms with Gasteiger partial charge in [-0.1, -0.05) is 13.8 Å². The van der Waals surface area contributed by atoms with E-state index < -0.39 is 0 Å². The summed E-state index contributed by atoms with van der Waals surface area (Å²) in [5.41, 5.74) is 0. The summed E-state index contributed by atoms with van der Waals surface area (Å²) in [4.78, 5) is 12.6. The molecular formula is C9H16N4O.